The standard InChI is InChI=1S/C29H41NO3.C19H23NO3.C10H20O.2CH4/c1-3-5-6-22-8-12-27(13-9-22)33-28-14-11-25-19-23(7-10-26(25)20-28)21-30-17-15-24(16-18-30)29(31)32-4-2;1-2-23-19(22)15-7-9-20(10-8-15)13-14-3-4-17-12-18(21)6-5-16(17)11-14;1-2-3-4-9-5-7-10(11)8-6-9;;/h7,10-11,14,19-20,22,24,27H,3-6,8-9,12-13,15-18,21H2,1-2H3;3-6,11-12,15,21H,2,7-10,13H2,1H3;9-11H,2-8H2,1H3;2*1H4. The molecule has 4 aliphatic rings. The first kappa shape index (κ1) is 57.4. The molecule has 8 rings (SSSR count). The third-order valence-electron chi connectivity index (χ3n) is 14.8. The fourth-order valence-corrected chi connectivity index (χ4v) is 10.7. The van der Waals surface area contributed by atoms with Crippen LogP contribution in [-0.2, 0) is 32.2 Å². The number of piperidine rings is 2. The van der Waals surface area contributed by atoms with Crippen molar-refractivity contribution in [2.24, 2.45) is 23.7 Å². The third-order valence-corrected chi connectivity index (χ3v) is 14.8. The van der Waals surface area contributed by atoms with Gasteiger partial charge in [0, 0.05) is 13.1 Å². The van der Waals surface area contributed by atoms with Gasteiger partial charge in [0.1, 0.15) is 11.5 Å². The Labute approximate surface area is 417 Å². The van der Waals surface area contributed by atoms with Gasteiger partial charge in [-0.1, -0.05) is 104 Å². The van der Waals surface area contributed by atoms with Crippen molar-refractivity contribution in [2.75, 3.05) is 39.4 Å². The molecule has 0 amide bonds. The van der Waals surface area contributed by atoms with Gasteiger partial charge in [-0.25, -0.2) is 0 Å². The molecule has 9 nitrogen and oxygen atoms in total. The topological polar surface area (TPSA) is 109 Å². The summed E-state index contributed by atoms with van der Waals surface area (Å²) in [4.78, 5) is 28.6. The summed E-state index contributed by atoms with van der Waals surface area (Å²) in [6.45, 7) is 14.8. The van der Waals surface area contributed by atoms with Crippen molar-refractivity contribution in [1.29, 1.82) is 0 Å². The Balaban J connectivity index is 0.000000250. The van der Waals surface area contributed by atoms with Gasteiger partial charge in [0.2, 0.25) is 0 Å². The number of likely N-dealkylation sites (tertiary alicyclic amines) is 2. The van der Waals surface area contributed by atoms with Crippen LogP contribution in [0.2, 0.25) is 0 Å². The van der Waals surface area contributed by atoms with Crippen LogP contribution in [0.15, 0.2) is 72.8 Å². The van der Waals surface area contributed by atoms with E-state index in [1.807, 2.05) is 19.9 Å². The highest BCUT2D eigenvalue weighted by Gasteiger charge is 2.28. The molecule has 384 valence electrons. The highest BCUT2D eigenvalue weighted by molar-refractivity contribution is 5.85. The fourth-order valence-electron chi connectivity index (χ4n) is 10.7. The largest absolute Gasteiger partial charge is 0.508 e. The molecule has 2 saturated carbocycles. The normalized spacial score (nSPS) is 21.3. The second-order valence-electron chi connectivity index (χ2n) is 20.0. The molecule has 2 saturated heterocycles. The van der Waals surface area contributed by atoms with E-state index in [9.17, 15) is 19.8 Å². The zero-order chi connectivity index (χ0) is 47.4. The van der Waals surface area contributed by atoms with Crippen LogP contribution in [0.1, 0.15) is 169 Å². The lowest BCUT2D eigenvalue weighted by Crippen LogP contribution is -2.36. The number of phenols is 1. The van der Waals surface area contributed by atoms with E-state index in [0.717, 1.165) is 106 Å². The van der Waals surface area contributed by atoms with Crippen molar-refractivity contribution in [3.8, 4) is 11.5 Å². The molecule has 0 atom stereocenters. The molecule has 2 aliphatic carbocycles. The second kappa shape index (κ2) is 30.5. The number of hydrogen-bond acceptors (Lipinski definition) is 9. The number of carbonyl (C=O) groups is 2. The summed E-state index contributed by atoms with van der Waals surface area (Å²) in [7, 11) is 0. The van der Waals surface area contributed by atoms with E-state index in [2.05, 4.69) is 78.2 Å². The number of aliphatic hydroxyl groups is 1. The lowest BCUT2D eigenvalue weighted by molar-refractivity contribution is -0.150. The van der Waals surface area contributed by atoms with Crippen LogP contribution >= 0.6 is 0 Å². The Kier molecular flexibility index (Phi) is 25.4. The number of aliphatic hydroxyl groups excluding tert-OH is 1. The average Bonchev–Trinajstić information content (AvgIpc) is 3.35. The minimum Gasteiger partial charge on any atom is -0.508 e. The highest BCUT2D eigenvalue weighted by Crippen LogP contribution is 2.33. The summed E-state index contributed by atoms with van der Waals surface area (Å²) in [6.07, 6.45) is 21.7. The van der Waals surface area contributed by atoms with Crippen LogP contribution < -0.4 is 4.74 Å². The molecule has 2 aliphatic heterocycles. The van der Waals surface area contributed by atoms with Crippen LogP contribution in [-0.4, -0.2) is 83.6 Å². The van der Waals surface area contributed by atoms with Crippen LogP contribution in [0, 0.1) is 23.7 Å². The van der Waals surface area contributed by atoms with E-state index in [4.69, 9.17) is 14.2 Å². The number of esters is 2. The maximum absolute atomic E-state index is 12.0. The first-order chi connectivity index (χ1) is 32.6. The van der Waals surface area contributed by atoms with Crippen molar-refractivity contribution in [3.63, 3.8) is 0 Å². The summed E-state index contributed by atoms with van der Waals surface area (Å²) < 4.78 is 16.7. The van der Waals surface area contributed by atoms with Gasteiger partial charge in [-0.05, 0) is 198 Å². The van der Waals surface area contributed by atoms with E-state index in [0.29, 0.717) is 25.1 Å². The van der Waals surface area contributed by atoms with E-state index < -0.39 is 0 Å². The quantitative estimate of drug-likeness (QED) is 0.106. The number of aromatic hydroxyl groups is 1. The van der Waals surface area contributed by atoms with Gasteiger partial charge in [0.15, 0.2) is 0 Å². The lowest BCUT2D eigenvalue weighted by atomic mass is 9.84. The number of unbranched alkanes of at least 4 members (excludes halogenated alkanes) is 2. The van der Waals surface area contributed by atoms with Crippen LogP contribution in [0.25, 0.3) is 21.5 Å². The van der Waals surface area contributed by atoms with Crippen molar-refractivity contribution >= 4 is 33.5 Å². The molecule has 69 heavy (non-hydrogen) atoms. The molecule has 4 aromatic rings. The van der Waals surface area contributed by atoms with E-state index >= 15 is 0 Å². The van der Waals surface area contributed by atoms with Gasteiger partial charge < -0.3 is 24.4 Å². The molecule has 4 fully saturated rings. The Morgan fingerprint density at radius 2 is 0.957 bits per heavy atom. The zero-order valence-corrected chi connectivity index (χ0v) is 41.6. The van der Waals surface area contributed by atoms with E-state index in [1.54, 1.807) is 12.1 Å². The summed E-state index contributed by atoms with van der Waals surface area (Å²) in [6, 6.07) is 25.1. The molecular formula is C60H92N2O7. The molecule has 2 N–H and O–H groups in total. The van der Waals surface area contributed by atoms with Gasteiger partial charge in [-0.2, -0.15) is 0 Å². The number of benzene rings is 4. The second-order valence-corrected chi connectivity index (χ2v) is 20.0. The van der Waals surface area contributed by atoms with E-state index in [-0.39, 0.29) is 44.7 Å². The molecule has 2 heterocycles. The van der Waals surface area contributed by atoms with Gasteiger partial charge in [-0.3, -0.25) is 19.4 Å². The maximum Gasteiger partial charge on any atom is 0.309 e. The Hall–Kier alpha value is -4.18. The molecule has 0 radical (unpaired) electrons. The lowest BCUT2D eigenvalue weighted by Gasteiger charge is -2.30. The Bertz CT molecular complexity index is 2070. The number of ether oxygens (including phenoxy) is 3. The van der Waals surface area contributed by atoms with E-state index in [1.165, 1.54) is 98.9 Å². The van der Waals surface area contributed by atoms with Crippen molar-refractivity contribution < 1.29 is 34.0 Å². The van der Waals surface area contributed by atoms with Gasteiger partial charge in [0.05, 0.1) is 37.3 Å². The Morgan fingerprint density at radius 1 is 0.536 bits per heavy atom. The molecular weight excluding hydrogens is 861 g/mol. The number of fused-ring (bicyclic) bond motifs is 2. The van der Waals surface area contributed by atoms with Crippen molar-refractivity contribution in [2.45, 2.75) is 183 Å². The first-order valence-electron chi connectivity index (χ1n) is 26.5. The highest BCUT2D eigenvalue weighted by atomic mass is 16.5. The molecule has 0 bridgehead atoms. The number of nitrogens with zero attached hydrogens (tertiary/aromatic N) is 2. The molecule has 0 spiro atoms. The summed E-state index contributed by atoms with van der Waals surface area (Å²) in [5, 5.41) is 23.5. The third kappa shape index (κ3) is 18.8. The summed E-state index contributed by atoms with van der Waals surface area (Å²) in [5.74, 6) is 3.21. The van der Waals surface area contributed by atoms with Gasteiger partial charge in [-0.15, -0.1) is 0 Å². The monoisotopic (exact) mass is 953 g/mol. The zero-order valence-electron chi connectivity index (χ0n) is 41.6. The minimum atomic E-state index is -0.0438. The SMILES string of the molecule is C.C.CCCCC1CCC(O)CC1.CCCCC1CCC(Oc2ccc3cc(CN4CCC(C(=O)OCC)CC4)ccc3c2)CC1.CCOC(=O)C1CCN(Cc2ccc3cc(O)ccc3c2)CC1. The average molecular weight is 953 g/mol. The number of carbonyl (C=O) groups excluding carboxylic acids is 2. The van der Waals surface area contributed by atoms with Crippen LogP contribution in [0.5, 0.6) is 11.5 Å². The molecule has 4 aromatic carbocycles. The fraction of sp³-hybridized carbons (Fsp3) is 0.633. The molecule has 9 heteroatoms. The predicted octanol–water partition coefficient (Wildman–Crippen LogP) is 14.1. The summed E-state index contributed by atoms with van der Waals surface area (Å²) in [5.41, 5.74) is 2.59. The van der Waals surface area contributed by atoms with Crippen LogP contribution in [0.4, 0.5) is 0 Å². The Morgan fingerprint density at radius 3 is 1.42 bits per heavy atom. The maximum atomic E-state index is 12.0. The summed E-state index contributed by atoms with van der Waals surface area (Å²) >= 11 is 0. The molecule has 0 unspecified atom stereocenters. The number of hydrogen-bond donors (Lipinski definition) is 2. The number of phenolic OH excluding ortho intramolecular Hbond substituents is 1. The molecule has 0 aromatic heterocycles. The van der Waals surface area contributed by atoms with Gasteiger partial charge >= 0.3 is 11.9 Å². The van der Waals surface area contributed by atoms with Crippen LogP contribution in [0.3, 0.4) is 0 Å². The first-order valence-corrected chi connectivity index (χ1v) is 26.5. The van der Waals surface area contributed by atoms with Crippen molar-refractivity contribution in [1.82, 2.24) is 9.80 Å². The van der Waals surface area contributed by atoms with Crippen molar-refractivity contribution in [3.05, 3.63) is 83.9 Å². The number of rotatable bonds is 16. The predicted molar refractivity (Wildman–Crippen MR) is 286 cm³/mol. The smallest absolute Gasteiger partial charge is 0.309 e. The minimum absolute atomic E-state index is 0. The van der Waals surface area contributed by atoms with Gasteiger partial charge in [0.25, 0.3) is 0 Å².